The molecule has 102 valence electrons. The van der Waals surface area contributed by atoms with E-state index in [2.05, 4.69) is 34.4 Å². The van der Waals surface area contributed by atoms with E-state index in [0.29, 0.717) is 18.5 Å². The highest BCUT2D eigenvalue weighted by atomic mass is 16.5. The van der Waals surface area contributed by atoms with Gasteiger partial charge >= 0.3 is 0 Å². The standard InChI is InChI=1S/C13H24N4O/c1-10(2)7-14-8-12-9-16-13(17-11(12)3)15-5-6-18-4/h9-10,14H,5-8H2,1-4H3,(H,15,16,17). The van der Waals surface area contributed by atoms with Crippen LogP contribution in [0.25, 0.3) is 0 Å². The molecule has 18 heavy (non-hydrogen) atoms. The average Bonchev–Trinajstić information content (AvgIpc) is 2.32. The summed E-state index contributed by atoms with van der Waals surface area (Å²) in [5.74, 6) is 1.32. The molecule has 5 heteroatoms. The highest BCUT2D eigenvalue weighted by Crippen LogP contribution is 2.06. The molecule has 0 aromatic carbocycles. The van der Waals surface area contributed by atoms with Crippen LogP contribution in [0.4, 0.5) is 5.95 Å². The van der Waals surface area contributed by atoms with Crippen molar-refractivity contribution in [3.63, 3.8) is 0 Å². The third kappa shape index (κ3) is 5.42. The van der Waals surface area contributed by atoms with E-state index in [1.54, 1.807) is 7.11 Å². The van der Waals surface area contributed by atoms with Gasteiger partial charge in [-0.2, -0.15) is 0 Å². The van der Waals surface area contributed by atoms with Crippen LogP contribution in [0.3, 0.4) is 0 Å². The Kier molecular flexibility index (Phi) is 6.60. The Morgan fingerprint density at radius 3 is 2.78 bits per heavy atom. The summed E-state index contributed by atoms with van der Waals surface area (Å²) in [5.41, 5.74) is 2.16. The maximum absolute atomic E-state index is 4.96. The Labute approximate surface area is 109 Å². The Morgan fingerprint density at radius 1 is 1.39 bits per heavy atom. The second-order valence-electron chi connectivity index (χ2n) is 4.75. The van der Waals surface area contributed by atoms with Gasteiger partial charge in [0.25, 0.3) is 0 Å². The molecule has 0 aliphatic heterocycles. The molecular weight excluding hydrogens is 228 g/mol. The topological polar surface area (TPSA) is 59.1 Å². The lowest BCUT2D eigenvalue weighted by Gasteiger charge is -2.10. The molecule has 0 radical (unpaired) electrons. The molecule has 1 rings (SSSR count). The lowest BCUT2D eigenvalue weighted by atomic mass is 10.2. The van der Waals surface area contributed by atoms with Crippen LogP contribution in [0.5, 0.6) is 0 Å². The van der Waals surface area contributed by atoms with Gasteiger partial charge < -0.3 is 15.4 Å². The van der Waals surface area contributed by atoms with Crippen molar-refractivity contribution in [3.8, 4) is 0 Å². The van der Waals surface area contributed by atoms with Crippen molar-refractivity contribution in [2.24, 2.45) is 5.92 Å². The SMILES string of the molecule is COCCNc1ncc(CNCC(C)C)c(C)n1. The first-order chi connectivity index (χ1) is 8.63. The number of hydrogen-bond acceptors (Lipinski definition) is 5. The summed E-state index contributed by atoms with van der Waals surface area (Å²) in [7, 11) is 1.68. The number of rotatable bonds is 8. The molecule has 0 unspecified atom stereocenters. The second-order valence-corrected chi connectivity index (χ2v) is 4.75. The van der Waals surface area contributed by atoms with E-state index < -0.39 is 0 Å². The van der Waals surface area contributed by atoms with Gasteiger partial charge in [-0.1, -0.05) is 13.8 Å². The minimum atomic E-state index is 0.653. The van der Waals surface area contributed by atoms with Gasteiger partial charge in [0.1, 0.15) is 0 Å². The van der Waals surface area contributed by atoms with Crippen LogP contribution in [0.1, 0.15) is 25.1 Å². The Bertz CT molecular complexity index is 355. The molecule has 1 heterocycles. The highest BCUT2D eigenvalue weighted by molar-refractivity contribution is 5.28. The number of anilines is 1. The number of nitrogens with one attached hydrogen (secondary N) is 2. The molecule has 5 nitrogen and oxygen atoms in total. The smallest absolute Gasteiger partial charge is 0.222 e. The normalized spacial score (nSPS) is 10.9. The van der Waals surface area contributed by atoms with Crippen molar-refractivity contribution >= 4 is 5.95 Å². The lowest BCUT2D eigenvalue weighted by molar-refractivity contribution is 0.210. The highest BCUT2D eigenvalue weighted by Gasteiger charge is 2.03. The Hall–Kier alpha value is -1.20. The van der Waals surface area contributed by atoms with Gasteiger partial charge in [0.05, 0.1) is 6.61 Å². The summed E-state index contributed by atoms with van der Waals surface area (Å²) in [4.78, 5) is 8.72. The minimum Gasteiger partial charge on any atom is -0.383 e. The van der Waals surface area contributed by atoms with Gasteiger partial charge in [-0.25, -0.2) is 9.97 Å². The molecule has 0 saturated heterocycles. The zero-order valence-corrected chi connectivity index (χ0v) is 11.8. The third-order valence-electron chi connectivity index (χ3n) is 2.54. The number of hydrogen-bond donors (Lipinski definition) is 2. The fourth-order valence-electron chi connectivity index (χ4n) is 1.51. The van der Waals surface area contributed by atoms with Gasteiger partial charge in [0.15, 0.2) is 0 Å². The van der Waals surface area contributed by atoms with E-state index in [1.807, 2.05) is 13.1 Å². The predicted octanol–water partition coefficient (Wildman–Crippen LogP) is 1.59. The summed E-state index contributed by atoms with van der Waals surface area (Å²) in [6.45, 7) is 9.60. The molecule has 0 fully saturated rings. The number of methoxy groups -OCH3 is 1. The molecule has 0 aliphatic carbocycles. The maximum Gasteiger partial charge on any atom is 0.222 e. The molecule has 2 N–H and O–H groups in total. The van der Waals surface area contributed by atoms with Gasteiger partial charge in [0.2, 0.25) is 5.95 Å². The molecule has 0 aliphatic rings. The predicted molar refractivity (Wildman–Crippen MR) is 73.7 cm³/mol. The van der Waals surface area contributed by atoms with Crippen LogP contribution in [0.15, 0.2) is 6.20 Å². The first-order valence-corrected chi connectivity index (χ1v) is 6.39. The van der Waals surface area contributed by atoms with E-state index in [-0.39, 0.29) is 0 Å². The van der Waals surface area contributed by atoms with E-state index in [1.165, 1.54) is 0 Å². The van der Waals surface area contributed by atoms with Crippen molar-refractivity contribution in [3.05, 3.63) is 17.5 Å². The zero-order chi connectivity index (χ0) is 13.4. The van der Waals surface area contributed by atoms with Crippen molar-refractivity contribution in [2.75, 3.05) is 32.1 Å². The number of ether oxygens (including phenoxy) is 1. The lowest BCUT2D eigenvalue weighted by Crippen LogP contribution is -2.20. The van der Waals surface area contributed by atoms with Crippen molar-refractivity contribution in [1.29, 1.82) is 0 Å². The number of nitrogens with zero attached hydrogens (tertiary/aromatic N) is 2. The quantitative estimate of drug-likeness (QED) is 0.688. The summed E-state index contributed by atoms with van der Waals surface area (Å²) >= 11 is 0. The Balaban J connectivity index is 2.46. The minimum absolute atomic E-state index is 0.653. The fourth-order valence-corrected chi connectivity index (χ4v) is 1.51. The van der Waals surface area contributed by atoms with Crippen LogP contribution in [0.2, 0.25) is 0 Å². The summed E-state index contributed by atoms with van der Waals surface area (Å²) in [6, 6.07) is 0. The molecule has 0 saturated carbocycles. The maximum atomic E-state index is 4.96. The largest absolute Gasteiger partial charge is 0.383 e. The first kappa shape index (κ1) is 14.9. The van der Waals surface area contributed by atoms with Crippen molar-refractivity contribution in [2.45, 2.75) is 27.3 Å². The molecule has 0 bridgehead atoms. The van der Waals surface area contributed by atoms with Gasteiger partial charge in [-0.3, -0.25) is 0 Å². The van der Waals surface area contributed by atoms with Gasteiger partial charge in [0, 0.05) is 37.7 Å². The van der Waals surface area contributed by atoms with Gasteiger partial charge in [-0.15, -0.1) is 0 Å². The van der Waals surface area contributed by atoms with E-state index in [9.17, 15) is 0 Å². The van der Waals surface area contributed by atoms with Gasteiger partial charge in [-0.05, 0) is 19.4 Å². The Morgan fingerprint density at radius 2 is 2.17 bits per heavy atom. The average molecular weight is 252 g/mol. The first-order valence-electron chi connectivity index (χ1n) is 6.39. The molecule has 1 aromatic heterocycles. The molecular formula is C13H24N4O. The zero-order valence-electron chi connectivity index (χ0n) is 11.8. The molecule has 0 spiro atoms. The van der Waals surface area contributed by atoms with Crippen LogP contribution < -0.4 is 10.6 Å². The van der Waals surface area contributed by atoms with Crippen LogP contribution in [-0.4, -0.2) is 36.8 Å². The summed E-state index contributed by atoms with van der Waals surface area (Å²) < 4.78 is 4.96. The van der Waals surface area contributed by atoms with Crippen LogP contribution >= 0.6 is 0 Å². The van der Waals surface area contributed by atoms with Crippen LogP contribution in [-0.2, 0) is 11.3 Å². The van der Waals surface area contributed by atoms with Crippen molar-refractivity contribution in [1.82, 2.24) is 15.3 Å². The van der Waals surface area contributed by atoms with Crippen LogP contribution in [0, 0.1) is 12.8 Å². The van der Waals surface area contributed by atoms with E-state index >= 15 is 0 Å². The summed E-state index contributed by atoms with van der Waals surface area (Å²) in [5, 5.41) is 6.51. The summed E-state index contributed by atoms with van der Waals surface area (Å²) in [6.07, 6.45) is 1.88. The molecule has 0 amide bonds. The van der Waals surface area contributed by atoms with Crippen molar-refractivity contribution < 1.29 is 4.74 Å². The molecule has 0 atom stereocenters. The number of aromatic nitrogens is 2. The third-order valence-corrected chi connectivity index (χ3v) is 2.54. The van der Waals surface area contributed by atoms with E-state index in [4.69, 9.17) is 4.74 Å². The number of aryl methyl sites for hydroxylation is 1. The monoisotopic (exact) mass is 252 g/mol. The van der Waals surface area contributed by atoms with E-state index in [0.717, 1.165) is 30.9 Å². The fraction of sp³-hybridized carbons (Fsp3) is 0.692. The second kappa shape index (κ2) is 8.00. The molecule has 1 aromatic rings.